The van der Waals surface area contributed by atoms with Crippen LogP contribution in [0.25, 0.3) is 0 Å². The van der Waals surface area contributed by atoms with E-state index in [1.165, 1.54) is 0 Å². The third-order valence-electron chi connectivity index (χ3n) is 3.78. The molecular formula is C17H18ClNO2. The molecule has 0 aromatic heterocycles. The molecule has 2 rings (SSSR count). The van der Waals surface area contributed by atoms with Crippen molar-refractivity contribution in [2.75, 3.05) is 11.9 Å². The first-order valence-corrected chi connectivity index (χ1v) is 7.11. The summed E-state index contributed by atoms with van der Waals surface area (Å²) in [5.74, 6) is -0.902. The fraction of sp³-hybridized carbons (Fsp3) is 0.235. The molecule has 1 atom stereocenters. The number of nitrogens with zero attached hydrogens (tertiary/aromatic N) is 1. The third kappa shape index (κ3) is 3.19. The quantitative estimate of drug-likeness (QED) is 0.901. The number of aryl methyl sites for hydroxylation is 1. The summed E-state index contributed by atoms with van der Waals surface area (Å²) in [4.78, 5) is 13.2. The molecule has 4 heteroatoms. The van der Waals surface area contributed by atoms with E-state index in [0.29, 0.717) is 5.56 Å². The van der Waals surface area contributed by atoms with Crippen LogP contribution >= 0.6 is 11.6 Å². The summed E-state index contributed by atoms with van der Waals surface area (Å²) in [6.45, 7) is 3.88. The van der Waals surface area contributed by atoms with Gasteiger partial charge in [0, 0.05) is 17.8 Å². The average Bonchev–Trinajstić information content (AvgIpc) is 2.45. The standard InChI is InChI=1S/C17H18ClNO2/c1-11-10-13(8-9-14(11)17(20)21)19(3)12(2)15-6-4-5-7-16(15)18/h4-10,12H,1-3H3,(H,20,21). The van der Waals surface area contributed by atoms with E-state index in [2.05, 4.69) is 11.8 Å². The number of anilines is 1. The Kier molecular flexibility index (Phi) is 4.53. The van der Waals surface area contributed by atoms with Crippen LogP contribution in [0, 0.1) is 6.92 Å². The molecule has 3 nitrogen and oxygen atoms in total. The normalized spacial score (nSPS) is 12.0. The Bertz CT molecular complexity index is 670. The molecule has 0 spiro atoms. The highest BCUT2D eigenvalue weighted by Crippen LogP contribution is 2.30. The summed E-state index contributed by atoms with van der Waals surface area (Å²) in [7, 11) is 1.98. The fourth-order valence-corrected chi connectivity index (χ4v) is 2.65. The molecule has 0 amide bonds. The van der Waals surface area contributed by atoms with Crippen LogP contribution in [0.2, 0.25) is 5.02 Å². The van der Waals surface area contributed by atoms with Gasteiger partial charge < -0.3 is 10.0 Å². The highest BCUT2D eigenvalue weighted by Gasteiger charge is 2.16. The molecular weight excluding hydrogens is 286 g/mol. The first-order chi connectivity index (χ1) is 9.91. The van der Waals surface area contributed by atoms with Gasteiger partial charge >= 0.3 is 5.97 Å². The number of benzene rings is 2. The van der Waals surface area contributed by atoms with Crippen molar-refractivity contribution >= 4 is 23.3 Å². The Hall–Kier alpha value is -2.00. The van der Waals surface area contributed by atoms with Gasteiger partial charge in [-0.2, -0.15) is 0 Å². The highest BCUT2D eigenvalue weighted by molar-refractivity contribution is 6.31. The summed E-state index contributed by atoms with van der Waals surface area (Å²) in [6.07, 6.45) is 0. The minimum Gasteiger partial charge on any atom is -0.478 e. The molecule has 0 bridgehead atoms. The maximum Gasteiger partial charge on any atom is 0.335 e. The van der Waals surface area contributed by atoms with Gasteiger partial charge in [0.05, 0.1) is 11.6 Å². The molecule has 2 aromatic carbocycles. The minimum atomic E-state index is -0.902. The van der Waals surface area contributed by atoms with E-state index in [9.17, 15) is 4.79 Å². The second-order valence-corrected chi connectivity index (χ2v) is 5.52. The van der Waals surface area contributed by atoms with E-state index in [1.54, 1.807) is 13.0 Å². The molecule has 0 saturated heterocycles. The monoisotopic (exact) mass is 303 g/mol. The number of carbonyl (C=O) groups is 1. The predicted octanol–water partition coefficient (Wildman–Crippen LogP) is 4.54. The SMILES string of the molecule is Cc1cc(N(C)C(C)c2ccccc2Cl)ccc1C(=O)O. The van der Waals surface area contributed by atoms with Gasteiger partial charge in [0.1, 0.15) is 0 Å². The van der Waals surface area contributed by atoms with Gasteiger partial charge in [-0.15, -0.1) is 0 Å². The van der Waals surface area contributed by atoms with Crippen LogP contribution in [0.3, 0.4) is 0 Å². The van der Waals surface area contributed by atoms with Gasteiger partial charge in [0.2, 0.25) is 0 Å². The van der Waals surface area contributed by atoms with E-state index in [4.69, 9.17) is 16.7 Å². The Labute approximate surface area is 129 Å². The van der Waals surface area contributed by atoms with E-state index in [-0.39, 0.29) is 6.04 Å². The molecule has 2 aromatic rings. The minimum absolute atomic E-state index is 0.0915. The van der Waals surface area contributed by atoms with Crippen LogP contribution in [0.1, 0.15) is 34.5 Å². The molecule has 0 saturated carbocycles. The van der Waals surface area contributed by atoms with Gasteiger partial charge in [-0.3, -0.25) is 0 Å². The van der Waals surface area contributed by atoms with Crippen LogP contribution in [-0.4, -0.2) is 18.1 Å². The third-order valence-corrected chi connectivity index (χ3v) is 4.13. The average molecular weight is 304 g/mol. The van der Waals surface area contributed by atoms with Crippen LogP contribution in [-0.2, 0) is 0 Å². The maximum atomic E-state index is 11.1. The zero-order valence-electron chi connectivity index (χ0n) is 12.3. The summed E-state index contributed by atoms with van der Waals surface area (Å²) in [6, 6.07) is 13.2. The Morgan fingerprint density at radius 3 is 2.48 bits per heavy atom. The Balaban J connectivity index is 2.32. The molecule has 0 radical (unpaired) electrons. The molecule has 0 heterocycles. The van der Waals surface area contributed by atoms with Crippen LogP contribution < -0.4 is 4.90 Å². The van der Waals surface area contributed by atoms with E-state index in [0.717, 1.165) is 21.8 Å². The van der Waals surface area contributed by atoms with Crippen LogP contribution in [0.5, 0.6) is 0 Å². The number of aromatic carboxylic acids is 1. The fourth-order valence-electron chi connectivity index (χ4n) is 2.35. The van der Waals surface area contributed by atoms with Crippen molar-refractivity contribution in [1.29, 1.82) is 0 Å². The van der Waals surface area contributed by atoms with Crippen molar-refractivity contribution in [2.45, 2.75) is 19.9 Å². The smallest absolute Gasteiger partial charge is 0.335 e. The lowest BCUT2D eigenvalue weighted by molar-refractivity contribution is 0.0696. The van der Waals surface area contributed by atoms with Crippen LogP contribution in [0.15, 0.2) is 42.5 Å². The van der Waals surface area contributed by atoms with Gasteiger partial charge in [-0.1, -0.05) is 29.8 Å². The molecule has 1 unspecified atom stereocenters. The van der Waals surface area contributed by atoms with Crippen molar-refractivity contribution < 1.29 is 9.90 Å². The summed E-state index contributed by atoms with van der Waals surface area (Å²) in [5, 5.41) is 9.82. The lowest BCUT2D eigenvalue weighted by Crippen LogP contribution is -2.22. The number of hydrogen-bond acceptors (Lipinski definition) is 2. The Morgan fingerprint density at radius 2 is 1.90 bits per heavy atom. The highest BCUT2D eigenvalue weighted by atomic mass is 35.5. The van der Waals surface area contributed by atoms with Gasteiger partial charge in [-0.05, 0) is 49.2 Å². The molecule has 21 heavy (non-hydrogen) atoms. The van der Waals surface area contributed by atoms with Crippen molar-refractivity contribution in [3.05, 3.63) is 64.2 Å². The molecule has 0 aliphatic rings. The first kappa shape index (κ1) is 15.4. The van der Waals surface area contributed by atoms with E-state index < -0.39 is 5.97 Å². The van der Waals surface area contributed by atoms with Crippen molar-refractivity contribution in [1.82, 2.24) is 0 Å². The van der Waals surface area contributed by atoms with Gasteiger partial charge in [0.25, 0.3) is 0 Å². The summed E-state index contributed by atoms with van der Waals surface area (Å²) in [5.41, 5.74) is 3.09. The summed E-state index contributed by atoms with van der Waals surface area (Å²) < 4.78 is 0. The number of rotatable bonds is 4. The maximum absolute atomic E-state index is 11.1. The first-order valence-electron chi connectivity index (χ1n) is 6.73. The second kappa shape index (κ2) is 6.19. The number of hydrogen-bond donors (Lipinski definition) is 1. The number of carboxylic acids is 1. The van der Waals surface area contributed by atoms with Gasteiger partial charge in [-0.25, -0.2) is 4.79 Å². The van der Waals surface area contributed by atoms with Crippen LogP contribution in [0.4, 0.5) is 5.69 Å². The van der Waals surface area contributed by atoms with E-state index in [1.807, 2.05) is 43.4 Å². The molecule has 0 aliphatic heterocycles. The second-order valence-electron chi connectivity index (χ2n) is 5.11. The zero-order valence-corrected chi connectivity index (χ0v) is 13.1. The van der Waals surface area contributed by atoms with Crippen molar-refractivity contribution in [3.8, 4) is 0 Å². The number of carboxylic acid groups (broad SMARTS) is 1. The molecule has 110 valence electrons. The van der Waals surface area contributed by atoms with Crippen molar-refractivity contribution in [3.63, 3.8) is 0 Å². The zero-order chi connectivity index (χ0) is 15.6. The predicted molar refractivity (Wildman–Crippen MR) is 86.4 cm³/mol. The van der Waals surface area contributed by atoms with Gasteiger partial charge in [0.15, 0.2) is 0 Å². The molecule has 1 N–H and O–H groups in total. The largest absolute Gasteiger partial charge is 0.478 e. The summed E-state index contributed by atoms with van der Waals surface area (Å²) >= 11 is 6.24. The molecule has 0 aliphatic carbocycles. The Morgan fingerprint density at radius 1 is 1.24 bits per heavy atom. The lowest BCUT2D eigenvalue weighted by atomic mass is 10.0. The van der Waals surface area contributed by atoms with Crippen molar-refractivity contribution in [2.24, 2.45) is 0 Å². The lowest BCUT2D eigenvalue weighted by Gasteiger charge is -2.28. The number of halogens is 1. The molecule has 0 fully saturated rings. The topological polar surface area (TPSA) is 40.5 Å². The van der Waals surface area contributed by atoms with E-state index >= 15 is 0 Å².